The van der Waals surface area contributed by atoms with E-state index in [0.29, 0.717) is 0 Å². The van der Waals surface area contributed by atoms with Crippen LogP contribution in [-0.2, 0) is 14.3 Å². The summed E-state index contributed by atoms with van der Waals surface area (Å²) in [7, 11) is 0. The van der Waals surface area contributed by atoms with Crippen molar-refractivity contribution >= 4 is 5.97 Å². The minimum absolute atomic E-state index is 0.224. The Morgan fingerprint density at radius 1 is 1.16 bits per heavy atom. The lowest BCUT2D eigenvalue weighted by Gasteiger charge is -2.39. The van der Waals surface area contributed by atoms with Gasteiger partial charge in [0.05, 0.1) is 5.60 Å². The number of carbonyl (C=O) groups excluding carboxylic acids is 1. The molecule has 19 heavy (non-hydrogen) atoms. The first-order valence-electron chi connectivity index (χ1n) is 4.89. The predicted octanol–water partition coefficient (Wildman–Crippen LogP) is 2.37. The van der Waals surface area contributed by atoms with Crippen LogP contribution < -0.4 is 0 Å². The molecule has 0 heterocycles. The second kappa shape index (κ2) is 5.04. The van der Waals surface area contributed by atoms with Gasteiger partial charge in [-0.2, -0.15) is 22.0 Å². The summed E-state index contributed by atoms with van der Waals surface area (Å²) in [6.45, 7) is 5.78. The molecule has 1 N–H and O–H groups in total. The highest BCUT2D eigenvalue weighted by molar-refractivity contribution is 5.81. The average Bonchev–Trinajstić information content (AvgIpc) is 2.12. The third kappa shape index (κ3) is 4.13. The molecular weight excluding hydrogens is 279 g/mol. The van der Waals surface area contributed by atoms with Gasteiger partial charge in [-0.05, 0) is 20.8 Å². The van der Waals surface area contributed by atoms with Gasteiger partial charge in [0, 0.05) is 6.08 Å². The Hall–Kier alpha value is -1.22. The molecule has 0 aromatic heterocycles. The van der Waals surface area contributed by atoms with E-state index < -0.39 is 29.6 Å². The second-order valence-corrected chi connectivity index (χ2v) is 4.50. The molecule has 0 spiro atoms. The van der Waals surface area contributed by atoms with E-state index in [9.17, 15) is 26.7 Å². The van der Waals surface area contributed by atoms with E-state index in [0.717, 1.165) is 20.8 Å². The Morgan fingerprint density at radius 3 is 1.84 bits per heavy atom. The number of aliphatic hydroxyl groups is 1. The molecule has 0 aliphatic rings. The molecule has 0 aliphatic carbocycles. The number of esters is 1. The zero-order valence-corrected chi connectivity index (χ0v) is 10.3. The number of hydrogen-bond donors (Lipinski definition) is 1. The second-order valence-electron chi connectivity index (χ2n) is 4.50. The third-order valence-corrected chi connectivity index (χ3v) is 1.63. The molecule has 0 amide bonds. The molecule has 0 radical (unpaired) electrons. The number of hydrogen-bond acceptors (Lipinski definition) is 4. The van der Waals surface area contributed by atoms with E-state index in [4.69, 9.17) is 5.11 Å². The van der Waals surface area contributed by atoms with E-state index in [-0.39, 0.29) is 6.08 Å². The molecule has 0 saturated heterocycles. The lowest BCUT2D eigenvalue weighted by Crippen LogP contribution is -2.64. The lowest BCUT2D eigenvalue weighted by atomic mass is 10.1. The lowest BCUT2D eigenvalue weighted by molar-refractivity contribution is -0.487. The van der Waals surface area contributed by atoms with Crippen molar-refractivity contribution in [2.75, 3.05) is 0 Å². The highest BCUT2D eigenvalue weighted by atomic mass is 19.4. The van der Waals surface area contributed by atoms with E-state index in [1.54, 1.807) is 0 Å². The van der Waals surface area contributed by atoms with Crippen LogP contribution in [0.1, 0.15) is 20.8 Å². The van der Waals surface area contributed by atoms with Gasteiger partial charge < -0.3 is 14.6 Å². The van der Waals surface area contributed by atoms with Crippen molar-refractivity contribution in [1.82, 2.24) is 0 Å². The first kappa shape index (κ1) is 17.8. The van der Waals surface area contributed by atoms with Gasteiger partial charge >= 0.3 is 24.0 Å². The Balaban J connectivity index is 5.60. The van der Waals surface area contributed by atoms with Crippen molar-refractivity contribution < 1.29 is 41.3 Å². The number of carbonyl (C=O) groups is 1. The molecule has 9 heteroatoms. The standard InChI is InChI=1S/C10H13F5O4/c1-5-6(16)18-10(14,15)8(17,9(11,12)13)19-7(2,3)4/h5,17H,1H2,2-4H3. The number of ether oxygens (including phenoxy) is 2. The van der Waals surface area contributed by atoms with E-state index in [1.807, 2.05) is 0 Å². The van der Waals surface area contributed by atoms with Crippen molar-refractivity contribution in [3.63, 3.8) is 0 Å². The van der Waals surface area contributed by atoms with Crippen molar-refractivity contribution in [3.05, 3.63) is 12.7 Å². The molecule has 0 aliphatic heterocycles. The molecule has 112 valence electrons. The van der Waals surface area contributed by atoms with Gasteiger partial charge in [-0.1, -0.05) is 6.58 Å². The van der Waals surface area contributed by atoms with Crippen LogP contribution in [0.15, 0.2) is 12.7 Å². The average molecular weight is 292 g/mol. The van der Waals surface area contributed by atoms with E-state index in [1.165, 1.54) is 0 Å². The van der Waals surface area contributed by atoms with E-state index >= 15 is 0 Å². The van der Waals surface area contributed by atoms with Crippen LogP contribution in [-0.4, -0.2) is 34.7 Å². The highest BCUT2D eigenvalue weighted by Crippen LogP contribution is 2.45. The Bertz CT molecular complexity index is 358. The van der Waals surface area contributed by atoms with Gasteiger partial charge in [-0.3, -0.25) is 0 Å². The van der Waals surface area contributed by atoms with Gasteiger partial charge in [-0.15, -0.1) is 0 Å². The van der Waals surface area contributed by atoms with Crippen LogP contribution in [0.5, 0.6) is 0 Å². The summed E-state index contributed by atoms with van der Waals surface area (Å²) in [6.07, 6.45) is -11.0. The molecule has 0 aromatic carbocycles. The fourth-order valence-electron chi connectivity index (χ4n) is 0.963. The van der Waals surface area contributed by atoms with Crippen LogP contribution in [0.25, 0.3) is 0 Å². The molecule has 0 aromatic rings. The topological polar surface area (TPSA) is 55.8 Å². The maximum Gasteiger partial charge on any atom is 0.466 e. The fraction of sp³-hybridized carbons (Fsp3) is 0.700. The van der Waals surface area contributed by atoms with Crippen LogP contribution in [0.3, 0.4) is 0 Å². The molecule has 1 atom stereocenters. The molecule has 0 bridgehead atoms. The summed E-state index contributed by atoms with van der Waals surface area (Å²) >= 11 is 0. The summed E-state index contributed by atoms with van der Waals surface area (Å²) < 4.78 is 71.7. The van der Waals surface area contributed by atoms with Crippen LogP contribution in [0, 0.1) is 0 Å². The summed E-state index contributed by atoms with van der Waals surface area (Å²) in [6, 6.07) is 0. The minimum Gasteiger partial charge on any atom is -0.393 e. The SMILES string of the molecule is C=CC(=O)OC(F)(F)C(O)(OC(C)(C)C)C(F)(F)F. The quantitative estimate of drug-likeness (QED) is 0.374. The first-order valence-corrected chi connectivity index (χ1v) is 4.89. The molecule has 4 nitrogen and oxygen atoms in total. The molecule has 0 saturated carbocycles. The Morgan fingerprint density at radius 2 is 1.58 bits per heavy atom. The maximum absolute atomic E-state index is 13.4. The molecule has 0 fully saturated rings. The highest BCUT2D eigenvalue weighted by Gasteiger charge is 2.75. The zero-order valence-electron chi connectivity index (χ0n) is 10.3. The molecule has 1 unspecified atom stereocenters. The van der Waals surface area contributed by atoms with Crippen LogP contribution >= 0.6 is 0 Å². The predicted molar refractivity (Wildman–Crippen MR) is 53.1 cm³/mol. The maximum atomic E-state index is 13.4. The summed E-state index contributed by atoms with van der Waals surface area (Å²) in [5.41, 5.74) is -1.78. The van der Waals surface area contributed by atoms with Gasteiger partial charge in [0.2, 0.25) is 0 Å². The van der Waals surface area contributed by atoms with Crippen molar-refractivity contribution in [2.24, 2.45) is 0 Å². The number of halogens is 5. The van der Waals surface area contributed by atoms with Crippen molar-refractivity contribution in [3.8, 4) is 0 Å². The Labute approximate surface area is 105 Å². The summed E-state index contributed by atoms with van der Waals surface area (Å²) in [5.74, 6) is -6.82. The molecular formula is C10H13F5O4. The van der Waals surface area contributed by atoms with Gasteiger partial charge in [0.25, 0.3) is 0 Å². The van der Waals surface area contributed by atoms with Gasteiger partial charge in [0.1, 0.15) is 0 Å². The monoisotopic (exact) mass is 292 g/mol. The summed E-state index contributed by atoms with van der Waals surface area (Å²) in [5, 5.41) is 9.15. The van der Waals surface area contributed by atoms with Crippen LogP contribution in [0.2, 0.25) is 0 Å². The third-order valence-electron chi connectivity index (χ3n) is 1.63. The van der Waals surface area contributed by atoms with Crippen molar-refractivity contribution in [1.29, 1.82) is 0 Å². The van der Waals surface area contributed by atoms with Gasteiger partial charge in [-0.25, -0.2) is 4.79 Å². The van der Waals surface area contributed by atoms with E-state index in [2.05, 4.69) is 16.1 Å². The summed E-state index contributed by atoms with van der Waals surface area (Å²) in [4.78, 5) is 10.6. The van der Waals surface area contributed by atoms with Crippen LogP contribution in [0.4, 0.5) is 22.0 Å². The smallest absolute Gasteiger partial charge is 0.393 e. The normalized spacial score (nSPS) is 16.7. The Kier molecular flexibility index (Phi) is 4.72. The molecule has 0 rings (SSSR count). The number of rotatable bonds is 4. The first-order chi connectivity index (χ1) is 8.16. The number of alkyl halides is 5. The van der Waals surface area contributed by atoms with Gasteiger partial charge in [0.15, 0.2) is 0 Å². The fourth-order valence-corrected chi connectivity index (χ4v) is 0.963. The zero-order chi connectivity index (χ0) is 15.7. The largest absolute Gasteiger partial charge is 0.466 e. The minimum atomic E-state index is -5.90. The van der Waals surface area contributed by atoms with Crippen molar-refractivity contribution in [2.45, 2.75) is 44.4 Å².